The zero-order valence-corrected chi connectivity index (χ0v) is 13.8. The van der Waals surface area contributed by atoms with Crippen molar-refractivity contribution in [2.75, 3.05) is 19.0 Å². The van der Waals surface area contributed by atoms with Crippen molar-refractivity contribution in [3.63, 3.8) is 0 Å². The summed E-state index contributed by atoms with van der Waals surface area (Å²) in [7, 11) is 1.62. The number of pyridine rings is 1. The van der Waals surface area contributed by atoms with Crippen molar-refractivity contribution in [3.8, 4) is 11.8 Å². The van der Waals surface area contributed by atoms with E-state index in [1.54, 1.807) is 21.0 Å². The minimum atomic E-state index is -0.469. The Kier molecular flexibility index (Phi) is 5.32. The highest BCUT2D eigenvalue weighted by atomic mass is 16.6. The number of aromatic amines is 1. The van der Waals surface area contributed by atoms with Gasteiger partial charge in [0.15, 0.2) is 11.3 Å². The molecule has 2 aromatic rings. The largest absolute Gasteiger partial charge is 0.497 e. The molecular weight excluding hydrogens is 308 g/mol. The SMILES string of the molecule is COc1ccc(CCNc2[nH+]c(C)c([N+](=O)[O-])c(C)c2C#N)cc1. The number of methoxy groups -OCH3 is 1. The minimum absolute atomic E-state index is 0.0488. The summed E-state index contributed by atoms with van der Waals surface area (Å²) in [5.74, 6) is 1.31. The van der Waals surface area contributed by atoms with Crippen molar-refractivity contribution < 1.29 is 14.6 Å². The van der Waals surface area contributed by atoms with Gasteiger partial charge in [0.05, 0.1) is 24.1 Å². The zero-order chi connectivity index (χ0) is 17.7. The van der Waals surface area contributed by atoms with Gasteiger partial charge in [-0.25, -0.2) is 4.98 Å². The summed E-state index contributed by atoms with van der Waals surface area (Å²) in [4.78, 5) is 13.6. The van der Waals surface area contributed by atoms with Gasteiger partial charge >= 0.3 is 5.69 Å². The first kappa shape index (κ1) is 17.2. The maximum absolute atomic E-state index is 11.1. The molecule has 0 fully saturated rings. The number of benzene rings is 1. The van der Waals surface area contributed by atoms with Crippen molar-refractivity contribution >= 4 is 11.5 Å². The first-order chi connectivity index (χ1) is 11.5. The van der Waals surface area contributed by atoms with E-state index in [1.807, 2.05) is 30.3 Å². The summed E-state index contributed by atoms with van der Waals surface area (Å²) >= 11 is 0. The Morgan fingerprint density at radius 3 is 2.54 bits per heavy atom. The standard InChI is InChI=1S/C17H18N4O3/c1-11-15(10-18)17(20-12(2)16(11)21(22)23)19-9-8-13-4-6-14(24-3)7-5-13/h4-7H,8-9H2,1-3H3,(H,19,20)/p+1. The van der Waals surface area contributed by atoms with Crippen molar-refractivity contribution in [2.45, 2.75) is 20.3 Å². The van der Waals surface area contributed by atoms with Crippen LogP contribution < -0.4 is 15.0 Å². The van der Waals surface area contributed by atoms with Crippen LogP contribution in [0.5, 0.6) is 5.75 Å². The van der Waals surface area contributed by atoms with Gasteiger partial charge in [-0.05, 0) is 24.6 Å². The van der Waals surface area contributed by atoms with Gasteiger partial charge in [-0.3, -0.25) is 15.4 Å². The van der Waals surface area contributed by atoms with E-state index in [-0.39, 0.29) is 11.3 Å². The number of aromatic nitrogens is 1. The molecule has 2 N–H and O–H groups in total. The monoisotopic (exact) mass is 327 g/mol. The zero-order valence-electron chi connectivity index (χ0n) is 13.8. The predicted octanol–water partition coefficient (Wildman–Crippen LogP) is 2.56. The number of anilines is 1. The summed E-state index contributed by atoms with van der Waals surface area (Å²) in [6.07, 6.45) is 0.748. The van der Waals surface area contributed by atoms with Crippen LogP contribution in [0.2, 0.25) is 0 Å². The third-order valence-electron chi connectivity index (χ3n) is 3.82. The van der Waals surface area contributed by atoms with Crippen LogP contribution in [0.15, 0.2) is 24.3 Å². The number of ether oxygens (including phenoxy) is 1. The van der Waals surface area contributed by atoms with Gasteiger partial charge < -0.3 is 4.74 Å². The lowest BCUT2D eigenvalue weighted by Gasteiger charge is -2.06. The van der Waals surface area contributed by atoms with Crippen molar-refractivity contribution in [2.24, 2.45) is 0 Å². The average molecular weight is 327 g/mol. The normalized spacial score (nSPS) is 10.1. The molecule has 0 amide bonds. The molecule has 0 aliphatic carbocycles. The van der Waals surface area contributed by atoms with Crippen LogP contribution in [0, 0.1) is 35.3 Å². The van der Waals surface area contributed by atoms with Crippen LogP contribution in [-0.2, 0) is 6.42 Å². The van der Waals surface area contributed by atoms with Crippen molar-refractivity contribution in [1.29, 1.82) is 5.26 Å². The number of aryl methyl sites for hydroxylation is 1. The van der Waals surface area contributed by atoms with E-state index in [4.69, 9.17) is 4.74 Å². The third kappa shape index (κ3) is 3.60. The van der Waals surface area contributed by atoms with Crippen molar-refractivity contribution in [3.05, 3.63) is 56.8 Å². The van der Waals surface area contributed by atoms with Crippen molar-refractivity contribution in [1.82, 2.24) is 0 Å². The second-order valence-electron chi connectivity index (χ2n) is 5.37. The number of nitro groups is 1. The van der Waals surface area contributed by atoms with Gasteiger partial charge in [-0.15, -0.1) is 0 Å². The molecule has 1 aromatic heterocycles. The first-order valence-corrected chi connectivity index (χ1v) is 7.45. The fourth-order valence-electron chi connectivity index (χ4n) is 2.57. The van der Waals surface area contributed by atoms with Gasteiger partial charge in [0.25, 0.3) is 5.82 Å². The fourth-order valence-corrected chi connectivity index (χ4v) is 2.57. The molecular formula is C17H19N4O3+. The number of hydrogen-bond acceptors (Lipinski definition) is 5. The molecule has 0 radical (unpaired) electrons. The second kappa shape index (κ2) is 7.42. The average Bonchev–Trinajstić information content (AvgIpc) is 2.55. The Morgan fingerprint density at radius 2 is 2.00 bits per heavy atom. The second-order valence-corrected chi connectivity index (χ2v) is 5.37. The Balaban J connectivity index is 2.15. The first-order valence-electron chi connectivity index (χ1n) is 7.45. The fraction of sp³-hybridized carbons (Fsp3) is 0.294. The van der Waals surface area contributed by atoms with Gasteiger partial charge in [0, 0.05) is 13.3 Å². The molecule has 0 saturated heterocycles. The van der Waals surface area contributed by atoms with Gasteiger partial charge in [-0.1, -0.05) is 12.1 Å². The van der Waals surface area contributed by atoms with Gasteiger partial charge in [0.2, 0.25) is 0 Å². The van der Waals surface area contributed by atoms with Crippen LogP contribution in [0.25, 0.3) is 0 Å². The Bertz CT molecular complexity index is 795. The minimum Gasteiger partial charge on any atom is -0.497 e. The number of hydrogen-bond donors (Lipinski definition) is 1. The molecule has 24 heavy (non-hydrogen) atoms. The molecule has 1 heterocycles. The van der Waals surface area contributed by atoms with Crippen LogP contribution in [0.3, 0.4) is 0 Å². The lowest BCUT2D eigenvalue weighted by atomic mass is 10.1. The number of rotatable bonds is 6. The highest BCUT2D eigenvalue weighted by molar-refractivity contribution is 5.59. The third-order valence-corrected chi connectivity index (χ3v) is 3.82. The molecule has 0 spiro atoms. The summed E-state index contributed by atoms with van der Waals surface area (Å²) in [6, 6.07) is 9.77. The van der Waals surface area contributed by atoms with E-state index in [1.165, 1.54) is 0 Å². The maximum atomic E-state index is 11.1. The molecule has 7 nitrogen and oxygen atoms in total. The Labute approximate surface area is 140 Å². The summed E-state index contributed by atoms with van der Waals surface area (Å²) in [5.41, 5.74) is 2.13. The molecule has 0 atom stereocenters. The number of nitrogens with zero attached hydrogens (tertiary/aromatic N) is 2. The maximum Gasteiger partial charge on any atom is 0.315 e. The van der Waals surface area contributed by atoms with Crippen LogP contribution in [0.1, 0.15) is 22.4 Å². The quantitative estimate of drug-likeness (QED) is 0.649. The lowest BCUT2D eigenvalue weighted by Crippen LogP contribution is -2.22. The molecule has 0 unspecified atom stereocenters. The highest BCUT2D eigenvalue weighted by Gasteiger charge is 2.26. The number of H-pyrrole nitrogens is 1. The van der Waals surface area contributed by atoms with E-state index in [9.17, 15) is 15.4 Å². The molecule has 0 aliphatic rings. The lowest BCUT2D eigenvalue weighted by molar-refractivity contribution is -0.419. The smallest absolute Gasteiger partial charge is 0.315 e. The molecule has 1 aromatic carbocycles. The molecule has 0 bridgehead atoms. The Hall–Kier alpha value is -3.14. The van der Waals surface area contributed by atoms with E-state index in [2.05, 4.69) is 10.3 Å². The Morgan fingerprint density at radius 1 is 1.33 bits per heavy atom. The molecule has 0 aliphatic heterocycles. The molecule has 2 rings (SSSR count). The van der Waals surface area contributed by atoms with E-state index >= 15 is 0 Å². The number of nitrogens with one attached hydrogen (secondary N) is 2. The molecule has 7 heteroatoms. The van der Waals surface area contributed by atoms with Gasteiger partial charge in [0.1, 0.15) is 11.8 Å². The molecule has 0 saturated carbocycles. The van der Waals surface area contributed by atoms with Crippen LogP contribution in [-0.4, -0.2) is 18.6 Å². The van der Waals surface area contributed by atoms with Gasteiger partial charge in [-0.2, -0.15) is 5.26 Å². The van der Waals surface area contributed by atoms with E-state index in [0.29, 0.717) is 23.6 Å². The highest BCUT2D eigenvalue weighted by Crippen LogP contribution is 2.26. The van der Waals surface area contributed by atoms with Crippen LogP contribution in [0.4, 0.5) is 11.5 Å². The summed E-state index contributed by atoms with van der Waals surface area (Å²) < 4.78 is 5.12. The summed E-state index contributed by atoms with van der Waals surface area (Å²) in [6.45, 7) is 3.81. The molecule has 124 valence electrons. The summed E-state index contributed by atoms with van der Waals surface area (Å²) in [5, 5.41) is 23.6. The number of nitriles is 1. The van der Waals surface area contributed by atoms with E-state index < -0.39 is 4.92 Å². The van der Waals surface area contributed by atoms with E-state index in [0.717, 1.165) is 17.7 Å². The predicted molar refractivity (Wildman–Crippen MR) is 89.0 cm³/mol. The topological polar surface area (TPSA) is 102 Å². The van der Waals surface area contributed by atoms with Crippen LogP contribution >= 0.6 is 0 Å².